The van der Waals surface area contributed by atoms with E-state index < -0.39 is 12.0 Å². The summed E-state index contributed by atoms with van der Waals surface area (Å²) in [5.74, 6) is -0.180. The van der Waals surface area contributed by atoms with Crippen molar-refractivity contribution in [2.75, 3.05) is 45.4 Å². The third kappa shape index (κ3) is 3.78. The number of amides is 2. The molecule has 1 heterocycles. The second-order valence-corrected chi connectivity index (χ2v) is 4.80. The van der Waals surface area contributed by atoms with Crippen LogP contribution >= 0.6 is 11.8 Å². The van der Waals surface area contributed by atoms with E-state index >= 15 is 0 Å². The SMILES string of the molecule is CSCCN(C)C(=O)N1CCOCC1C(=O)O. The Balaban J connectivity index is 2.61. The summed E-state index contributed by atoms with van der Waals surface area (Å²) in [6.45, 7) is 1.41. The molecule has 6 nitrogen and oxygen atoms in total. The molecule has 17 heavy (non-hydrogen) atoms. The summed E-state index contributed by atoms with van der Waals surface area (Å²) in [4.78, 5) is 26.0. The van der Waals surface area contributed by atoms with E-state index in [0.29, 0.717) is 19.7 Å². The average Bonchev–Trinajstić information content (AvgIpc) is 2.34. The van der Waals surface area contributed by atoms with Crippen LogP contribution in [0, 0.1) is 0 Å². The lowest BCUT2D eigenvalue weighted by atomic mass is 10.2. The van der Waals surface area contributed by atoms with Gasteiger partial charge >= 0.3 is 12.0 Å². The first-order chi connectivity index (χ1) is 8.07. The van der Waals surface area contributed by atoms with Crippen LogP contribution in [0.15, 0.2) is 0 Å². The number of urea groups is 1. The van der Waals surface area contributed by atoms with Crippen LogP contribution in [0.1, 0.15) is 0 Å². The zero-order chi connectivity index (χ0) is 12.8. The van der Waals surface area contributed by atoms with Crippen LogP contribution in [0.25, 0.3) is 0 Å². The topological polar surface area (TPSA) is 70.1 Å². The molecule has 1 aliphatic heterocycles. The maximum Gasteiger partial charge on any atom is 0.328 e. The first-order valence-electron chi connectivity index (χ1n) is 5.39. The normalized spacial score (nSPS) is 20.1. The van der Waals surface area contributed by atoms with E-state index in [2.05, 4.69) is 0 Å². The molecule has 0 bridgehead atoms. The highest BCUT2D eigenvalue weighted by Gasteiger charge is 2.33. The monoisotopic (exact) mass is 262 g/mol. The molecule has 1 aliphatic rings. The van der Waals surface area contributed by atoms with Crippen LogP contribution in [0.4, 0.5) is 4.79 Å². The van der Waals surface area contributed by atoms with Gasteiger partial charge < -0.3 is 19.6 Å². The predicted molar refractivity (Wildman–Crippen MR) is 65.4 cm³/mol. The smallest absolute Gasteiger partial charge is 0.328 e. The number of nitrogens with zero attached hydrogens (tertiary/aromatic N) is 2. The highest BCUT2D eigenvalue weighted by Crippen LogP contribution is 2.10. The average molecular weight is 262 g/mol. The van der Waals surface area contributed by atoms with Gasteiger partial charge in [-0.15, -0.1) is 0 Å². The summed E-state index contributed by atoms with van der Waals surface area (Å²) in [6.07, 6.45) is 1.97. The Kier molecular flexibility index (Phi) is 5.57. The fraction of sp³-hybridized carbons (Fsp3) is 0.800. The van der Waals surface area contributed by atoms with Crippen molar-refractivity contribution in [1.82, 2.24) is 9.80 Å². The predicted octanol–water partition coefficient (Wildman–Crippen LogP) is 0.187. The van der Waals surface area contributed by atoms with Gasteiger partial charge in [0.2, 0.25) is 0 Å². The quantitative estimate of drug-likeness (QED) is 0.783. The number of ether oxygens (including phenoxy) is 1. The van der Waals surface area contributed by atoms with Gasteiger partial charge in [0.25, 0.3) is 0 Å². The van der Waals surface area contributed by atoms with E-state index in [1.54, 1.807) is 23.7 Å². The van der Waals surface area contributed by atoms with E-state index in [9.17, 15) is 9.59 Å². The number of hydrogen-bond donors (Lipinski definition) is 1. The van der Waals surface area contributed by atoms with Crippen molar-refractivity contribution < 1.29 is 19.4 Å². The minimum absolute atomic E-state index is 0.0669. The lowest BCUT2D eigenvalue weighted by Gasteiger charge is -2.35. The molecule has 0 radical (unpaired) electrons. The fourth-order valence-corrected chi connectivity index (χ4v) is 2.04. The fourth-order valence-electron chi connectivity index (χ4n) is 1.58. The standard InChI is InChI=1S/C10H18N2O4S/c1-11(4-6-17-2)10(15)12-3-5-16-7-8(12)9(13)14/h8H,3-7H2,1-2H3,(H,13,14). The van der Waals surface area contributed by atoms with Gasteiger partial charge in [-0.3, -0.25) is 0 Å². The molecule has 1 saturated heterocycles. The number of carbonyl (C=O) groups excluding carboxylic acids is 1. The van der Waals surface area contributed by atoms with E-state index in [0.717, 1.165) is 5.75 Å². The van der Waals surface area contributed by atoms with Crippen LogP contribution in [0.3, 0.4) is 0 Å². The number of rotatable bonds is 4. The number of hydrogen-bond acceptors (Lipinski definition) is 4. The Morgan fingerprint density at radius 2 is 2.29 bits per heavy atom. The summed E-state index contributed by atoms with van der Waals surface area (Å²) < 4.78 is 5.09. The highest BCUT2D eigenvalue weighted by molar-refractivity contribution is 7.98. The Labute approximate surface area is 105 Å². The van der Waals surface area contributed by atoms with Crippen molar-refractivity contribution in [2.24, 2.45) is 0 Å². The molecule has 98 valence electrons. The molecule has 2 amide bonds. The lowest BCUT2D eigenvalue weighted by Crippen LogP contribution is -2.56. The first kappa shape index (κ1) is 14.1. The molecule has 0 spiro atoms. The number of carboxylic acid groups (broad SMARTS) is 1. The lowest BCUT2D eigenvalue weighted by molar-refractivity contribution is -0.147. The molecule has 0 saturated carbocycles. The van der Waals surface area contributed by atoms with Gasteiger partial charge in [0.1, 0.15) is 0 Å². The van der Waals surface area contributed by atoms with Crippen LogP contribution in [-0.4, -0.2) is 78.3 Å². The maximum atomic E-state index is 12.0. The molecule has 1 fully saturated rings. The first-order valence-corrected chi connectivity index (χ1v) is 6.78. The molecule has 7 heteroatoms. The summed E-state index contributed by atoms with van der Waals surface area (Å²) in [7, 11) is 1.69. The Morgan fingerprint density at radius 1 is 1.59 bits per heavy atom. The van der Waals surface area contributed by atoms with Gasteiger partial charge in [-0.1, -0.05) is 0 Å². The van der Waals surface area contributed by atoms with E-state index in [4.69, 9.17) is 9.84 Å². The molecule has 1 atom stereocenters. The summed E-state index contributed by atoms with van der Waals surface area (Å²) in [5, 5.41) is 9.02. The Bertz CT molecular complexity index is 287. The van der Waals surface area contributed by atoms with Gasteiger partial charge in [0, 0.05) is 25.9 Å². The van der Waals surface area contributed by atoms with Crippen LogP contribution in [0.5, 0.6) is 0 Å². The van der Waals surface area contributed by atoms with Gasteiger partial charge in [0.15, 0.2) is 6.04 Å². The molecule has 1 N–H and O–H groups in total. The van der Waals surface area contributed by atoms with Crippen LogP contribution < -0.4 is 0 Å². The number of carboxylic acids is 1. The third-order valence-corrected chi connectivity index (χ3v) is 3.21. The highest BCUT2D eigenvalue weighted by atomic mass is 32.2. The van der Waals surface area contributed by atoms with Crippen LogP contribution in [0.2, 0.25) is 0 Å². The van der Waals surface area contributed by atoms with E-state index in [-0.39, 0.29) is 12.6 Å². The summed E-state index contributed by atoms with van der Waals surface area (Å²) in [5.41, 5.74) is 0. The maximum absolute atomic E-state index is 12.0. The van der Waals surface area contributed by atoms with Crippen molar-refractivity contribution in [3.05, 3.63) is 0 Å². The number of thioether (sulfide) groups is 1. The van der Waals surface area contributed by atoms with Crippen molar-refractivity contribution in [3.8, 4) is 0 Å². The van der Waals surface area contributed by atoms with E-state index in [1.807, 2.05) is 6.26 Å². The van der Waals surface area contributed by atoms with Gasteiger partial charge in [0.05, 0.1) is 13.2 Å². The second kappa shape index (κ2) is 6.70. The molecule has 0 aliphatic carbocycles. The van der Waals surface area contributed by atoms with Crippen molar-refractivity contribution in [2.45, 2.75) is 6.04 Å². The molecule has 1 unspecified atom stereocenters. The minimum atomic E-state index is -1.02. The minimum Gasteiger partial charge on any atom is -0.480 e. The molecule has 1 rings (SSSR count). The van der Waals surface area contributed by atoms with Crippen molar-refractivity contribution in [3.63, 3.8) is 0 Å². The molecule has 0 aromatic carbocycles. The number of carbonyl (C=O) groups is 2. The van der Waals surface area contributed by atoms with E-state index in [1.165, 1.54) is 4.90 Å². The van der Waals surface area contributed by atoms with Crippen molar-refractivity contribution >= 4 is 23.8 Å². The molecular weight excluding hydrogens is 244 g/mol. The van der Waals surface area contributed by atoms with Crippen molar-refractivity contribution in [1.29, 1.82) is 0 Å². The number of aliphatic carboxylic acids is 1. The largest absolute Gasteiger partial charge is 0.480 e. The van der Waals surface area contributed by atoms with Gasteiger partial charge in [-0.2, -0.15) is 11.8 Å². The second-order valence-electron chi connectivity index (χ2n) is 3.82. The zero-order valence-corrected chi connectivity index (χ0v) is 10.9. The van der Waals surface area contributed by atoms with Gasteiger partial charge in [-0.25, -0.2) is 9.59 Å². The molecule has 0 aromatic rings. The number of morpholine rings is 1. The molecule has 0 aromatic heterocycles. The van der Waals surface area contributed by atoms with Gasteiger partial charge in [-0.05, 0) is 6.26 Å². The summed E-state index contributed by atoms with van der Waals surface area (Å²) >= 11 is 1.65. The summed E-state index contributed by atoms with van der Waals surface area (Å²) in [6, 6.07) is -1.11. The molecular formula is C10H18N2O4S. The Morgan fingerprint density at radius 3 is 2.88 bits per heavy atom. The Hall–Kier alpha value is -0.950. The van der Waals surface area contributed by atoms with Crippen LogP contribution in [-0.2, 0) is 9.53 Å². The zero-order valence-electron chi connectivity index (χ0n) is 10.1. The third-order valence-electron chi connectivity index (χ3n) is 2.62.